The first-order chi connectivity index (χ1) is 10.7. The van der Waals surface area contributed by atoms with Crippen LogP contribution in [0.3, 0.4) is 0 Å². The Labute approximate surface area is 138 Å². The fourth-order valence-corrected chi connectivity index (χ4v) is 2.43. The highest BCUT2D eigenvalue weighted by atomic mass is 16.6. The lowest BCUT2D eigenvalue weighted by Crippen LogP contribution is -2.34. The van der Waals surface area contributed by atoms with Crippen LogP contribution in [0.2, 0.25) is 0 Å². The number of fused-ring (bicyclic) bond motifs is 1. The fraction of sp³-hybridized carbons (Fsp3) is 0.588. The number of carbonyl (C=O) groups excluding carboxylic acids is 1. The Hall–Kier alpha value is -1.79. The number of rotatable bonds is 4. The zero-order valence-corrected chi connectivity index (χ0v) is 14.6. The Kier molecular flexibility index (Phi) is 5.16. The minimum atomic E-state index is -0.561. The van der Waals surface area contributed by atoms with Crippen LogP contribution in [-0.4, -0.2) is 53.5 Å². The van der Waals surface area contributed by atoms with Gasteiger partial charge in [-0.2, -0.15) is 0 Å². The Bertz CT molecular complexity index is 567. The first-order valence-electron chi connectivity index (χ1n) is 7.84. The van der Waals surface area contributed by atoms with Crippen LogP contribution < -0.4 is 5.32 Å². The standard InChI is InChI=1S/C17H27N3O3/c1-17(2,3)23-16(22)20-10-12-7-6-8-14(13(12)11-20)18-9-15(21)19(4)5/h6-8,15,18,21H,9-11H2,1-5H3. The molecule has 0 aliphatic carbocycles. The van der Waals surface area contributed by atoms with E-state index in [0.717, 1.165) is 16.8 Å². The van der Waals surface area contributed by atoms with Gasteiger partial charge in [0.2, 0.25) is 0 Å². The van der Waals surface area contributed by atoms with Gasteiger partial charge in [0, 0.05) is 12.2 Å². The summed E-state index contributed by atoms with van der Waals surface area (Å²) in [6.07, 6.45) is -0.859. The van der Waals surface area contributed by atoms with Crippen molar-refractivity contribution >= 4 is 11.8 Å². The summed E-state index contributed by atoms with van der Waals surface area (Å²) in [4.78, 5) is 15.7. The molecule has 1 amide bonds. The van der Waals surface area contributed by atoms with Crippen LogP contribution in [0.1, 0.15) is 31.9 Å². The van der Waals surface area contributed by atoms with Gasteiger partial charge in [-0.05, 0) is 52.1 Å². The molecular weight excluding hydrogens is 294 g/mol. The Morgan fingerprint density at radius 2 is 2.09 bits per heavy atom. The third-order valence-corrected chi connectivity index (χ3v) is 3.71. The summed E-state index contributed by atoms with van der Waals surface area (Å²) in [6, 6.07) is 5.95. The molecule has 23 heavy (non-hydrogen) atoms. The van der Waals surface area contributed by atoms with Gasteiger partial charge in [-0.25, -0.2) is 4.79 Å². The largest absolute Gasteiger partial charge is 0.444 e. The van der Waals surface area contributed by atoms with Gasteiger partial charge in [-0.15, -0.1) is 0 Å². The molecule has 1 atom stereocenters. The molecule has 0 fully saturated rings. The SMILES string of the molecule is CN(C)C(O)CNc1cccc2c1CN(C(=O)OC(C)(C)C)C2. The van der Waals surface area contributed by atoms with Crippen LogP contribution in [0.4, 0.5) is 10.5 Å². The van der Waals surface area contributed by atoms with Crippen molar-refractivity contribution in [3.63, 3.8) is 0 Å². The van der Waals surface area contributed by atoms with Crippen LogP contribution in [0.25, 0.3) is 0 Å². The Balaban J connectivity index is 2.05. The molecule has 0 radical (unpaired) electrons. The molecule has 1 aromatic carbocycles. The summed E-state index contributed by atoms with van der Waals surface area (Å²) >= 11 is 0. The lowest BCUT2D eigenvalue weighted by Gasteiger charge is -2.24. The van der Waals surface area contributed by atoms with Gasteiger partial charge in [-0.1, -0.05) is 12.1 Å². The number of hydrogen-bond acceptors (Lipinski definition) is 5. The van der Waals surface area contributed by atoms with Gasteiger partial charge in [0.05, 0.1) is 13.1 Å². The van der Waals surface area contributed by atoms with Crippen molar-refractivity contribution in [2.75, 3.05) is 26.0 Å². The number of amides is 1. The van der Waals surface area contributed by atoms with E-state index in [4.69, 9.17) is 4.74 Å². The minimum absolute atomic E-state index is 0.298. The van der Waals surface area contributed by atoms with E-state index in [1.165, 1.54) is 0 Å². The van der Waals surface area contributed by atoms with E-state index in [-0.39, 0.29) is 6.09 Å². The van der Waals surface area contributed by atoms with Crippen LogP contribution >= 0.6 is 0 Å². The number of anilines is 1. The molecule has 0 saturated carbocycles. The predicted molar refractivity (Wildman–Crippen MR) is 90.1 cm³/mol. The zero-order chi connectivity index (χ0) is 17.2. The highest BCUT2D eigenvalue weighted by Gasteiger charge is 2.29. The van der Waals surface area contributed by atoms with Crippen LogP contribution in [-0.2, 0) is 17.8 Å². The monoisotopic (exact) mass is 321 g/mol. The van der Waals surface area contributed by atoms with Crippen molar-refractivity contribution in [1.29, 1.82) is 0 Å². The van der Waals surface area contributed by atoms with Gasteiger partial charge < -0.3 is 15.2 Å². The van der Waals surface area contributed by atoms with Crippen molar-refractivity contribution in [2.24, 2.45) is 0 Å². The van der Waals surface area contributed by atoms with Crippen molar-refractivity contribution < 1.29 is 14.6 Å². The van der Waals surface area contributed by atoms with E-state index in [2.05, 4.69) is 5.32 Å². The molecule has 0 spiro atoms. The molecule has 2 rings (SSSR count). The van der Waals surface area contributed by atoms with Crippen molar-refractivity contribution in [3.05, 3.63) is 29.3 Å². The molecular formula is C17H27N3O3. The minimum Gasteiger partial charge on any atom is -0.444 e. The molecule has 1 aliphatic rings. The van der Waals surface area contributed by atoms with Crippen molar-refractivity contribution in [1.82, 2.24) is 9.80 Å². The Morgan fingerprint density at radius 1 is 1.39 bits per heavy atom. The smallest absolute Gasteiger partial charge is 0.410 e. The molecule has 1 aromatic rings. The maximum absolute atomic E-state index is 12.2. The highest BCUT2D eigenvalue weighted by Crippen LogP contribution is 2.30. The van der Waals surface area contributed by atoms with Gasteiger partial charge in [0.25, 0.3) is 0 Å². The molecule has 6 nitrogen and oxygen atoms in total. The summed E-state index contributed by atoms with van der Waals surface area (Å²) in [6.45, 7) is 7.09. The molecule has 128 valence electrons. The molecule has 0 bridgehead atoms. The lowest BCUT2D eigenvalue weighted by atomic mass is 10.1. The van der Waals surface area contributed by atoms with Gasteiger partial charge in [0.15, 0.2) is 0 Å². The second-order valence-electron chi connectivity index (χ2n) is 7.10. The van der Waals surface area contributed by atoms with Crippen molar-refractivity contribution in [2.45, 2.75) is 45.7 Å². The molecule has 1 heterocycles. The second kappa shape index (κ2) is 6.76. The number of hydrogen-bond donors (Lipinski definition) is 2. The number of ether oxygens (including phenoxy) is 1. The Morgan fingerprint density at radius 3 is 2.70 bits per heavy atom. The van der Waals surface area contributed by atoms with Crippen molar-refractivity contribution in [3.8, 4) is 0 Å². The van der Waals surface area contributed by atoms with Gasteiger partial charge >= 0.3 is 6.09 Å². The summed E-state index contributed by atoms with van der Waals surface area (Å²) in [5.41, 5.74) is 2.65. The molecule has 1 unspecified atom stereocenters. The highest BCUT2D eigenvalue weighted by molar-refractivity contribution is 5.71. The summed E-state index contributed by atoms with van der Waals surface area (Å²) in [5, 5.41) is 13.1. The molecule has 6 heteroatoms. The number of nitrogens with zero attached hydrogens (tertiary/aromatic N) is 2. The summed E-state index contributed by atoms with van der Waals surface area (Å²) < 4.78 is 5.44. The number of carbonyl (C=O) groups is 1. The number of aliphatic hydroxyl groups is 1. The van der Waals surface area contributed by atoms with Crippen LogP contribution in [0.5, 0.6) is 0 Å². The van der Waals surface area contributed by atoms with Gasteiger partial charge in [0.1, 0.15) is 11.8 Å². The zero-order valence-electron chi connectivity index (χ0n) is 14.6. The molecule has 1 aliphatic heterocycles. The quantitative estimate of drug-likeness (QED) is 0.833. The van der Waals surface area contributed by atoms with E-state index in [9.17, 15) is 9.90 Å². The molecule has 2 N–H and O–H groups in total. The average Bonchev–Trinajstić information content (AvgIpc) is 2.87. The first kappa shape index (κ1) is 17.6. The lowest BCUT2D eigenvalue weighted by molar-refractivity contribution is 0.0242. The third kappa shape index (κ3) is 4.59. The maximum Gasteiger partial charge on any atom is 0.410 e. The van der Waals surface area contributed by atoms with Crippen LogP contribution in [0, 0.1) is 0 Å². The van der Waals surface area contributed by atoms with E-state index in [0.29, 0.717) is 19.6 Å². The second-order valence-corrected chi connectivity index (χ2v) is 7.10. The average molecular weight is 321 g/mol. The first-order valence-corrected chi connectivity index (χ1v) is 7.84. The van der Waals surface area contributed by atoms with E-state index in [1.54, 1.807) is 9.80 Å². The number of benzene rings is 1. The van der Waals surface area contributed by atoms with E-state index in [1.807, 2.05) is 53.1 Å². The summed E-state index contributed by atoms with van der Waals surface area (Å²) in [7, 11) is 3.65. The van der Waals surface area contributed by atoms with Crippen LogP contribution in [0.15, 0.2) is 18.2 Å². The summed E-state index contributed by atoms with van der Waals surface area (Å²) in [5.74, 6) is 0. The molecule has 0 aromatic heterocycles. The van der Waals surface area contributed by atoms with E-state index < -0.39 is 11.8 Å². The van der Waals surface area contributed by atoms with E-state index >= 15 is 0 Å². The van der Waals surface area contributed by atoms with Gasteiger partial charge in [-0.3, -0.25) is 9.80 Å². The third-order valence-electron chi connectivity index (χ3n) is 3.71. The topological polar surface area (TPSA) is 65.0 Å². The fourth-order valence-electron chi connectivity index (χ4n) is 2.43. The number of aliphatic hydroxyl groups excluding tert-OH is 1. The predicted octanol–water partition coefficient (Wildman–Crippen LogP) is 2.23. The molecule has 0 saturated heterocycles. The normalized spacial score (nSPS) is 15.5. The number of nitrogens with one attached hydrogen (secondary N) is 1. The number of likely N-dealkylation sites (N-methyl/N-ethyl adjacent to an activating group) is 1. The maximum atomic E-state index is 12.2.